The molecule has 128 valence electrons. The molecule has 0 spiro atoms. The summed E-state index contributed by atoms with van der Waals surface area (Å²) in [5.74, 6) is -0.185. The van der Waals surface area contributed by atoms with Gasteiger partial charge in [0.05, 0.1) is 0 Å². The first-order valence-corrected chi connectivity index (χ1v) is 10.2. The molecule has 1 N–H and O–H groups in total. The Balaban J connectivity index is 1.91. The summed E-state index contributed by atoms with van der Waals surface area (Å²) in [5.41, 5.74) is 0.659. The first-order chi connectivity index (χ1) is 11.5. The van der Waals surface area contributed by atoms with E-state index in [1.807, 2.05) is 25.1 Å². The highest BCUT2D eigenvalue weighted by atomic mass is 32.2. The van der Waals surface area contributed by atoms with Gasteiger partial charge in [-0.2, -0.15) is 4.72 Å². The van der Waals surface area contributed by atoms with Crippen molar-refractivity contribution in [1.82, 2.24) is 9.62 Å². The first-order valence-electron chi connectivity index (χ1n) is 7.90. The van der Waals surface area contributed by atoms with Crippen LogP contribution in [0.15, 0.2) is 46.7 Å². The molecule has 0 aliphatic carbocycles. The van der Waals surface area contributed by atoms with Crippen molar-refractivity contribution in [3.63, 3.8) is 0 Å². The second-order valence-corrected chi connectivity index (χ2v) is 9.09. The molecular formula is C17H20N2O3S2. The van der Waals surface area contributed by atoms with Crippen LogP contribution in [0.5, 0.6) is 0 Å². The second kappa shape index (κ2) is 7.04. The summed E-state index contributed by atoms with van der Waals surface area (Å²) in [6.45, 7) is 3.22. The summed E-state index contributed by atoms with van der Waals surface area (Å²) in [6, 6.07) is 11.5. The Labute approximate surface area is 146 Å². The molecule has 1 aliphatic heterocycles. The minimum Gasteiger partial charge on any atom is -0.341 e. The number of sulfonamides is 1. The molecule has 0 bridgehead atoms. The van der Waals surface area contributed by atoms with Gasteiger partial charge in [0.2, 0.25) is 5.91 Å². The average molecular weight is 364 g/mol. The quantitative estimate of drug-likeness (QED) is 0.887. The van der Waals surface area contributed by atoms with Crippen LogP contribution in [0.3, 0.4) is 0 Å². The predicted octanol–water partition coefficient (Wildman–Crippen LogP) is 2.70. The van der Waals surface area contributed by atoms with Crippen molar-refractivity contribution in [2.24, 2.45) is 0 Å². The zero-order valence-electron chi connectivity index (χ0n) is 13.4. The zero-order chi connectivity index (χ0) is 17.2. The standard InChI is InChI=1S/C17H20N2O3S2/c1-13-9-10-15(23-13)24(21,22)18-16(14-7-3-2-4-8-14)17(20)19-11-5-6-12-19/h2-4,7-10,16,18H,5-6,11-12H2,1H3/t16-/m0/s1. The first kappa shape index (κ1) is 17.1. The summed E-state index contributed by atoms with van der Waals surface area (Å²) in [6.07, 6.45) is 1.92. The molecule has 3 rings (SSSR count). The topological polar surface area (TPSA) is 66.5 Å². The number of amides is 1. The Hall–Kier alpha value is -1.70. The van der Waals surface area contributed by atoms with E-state index in [1.165, 1.54) is 11.3 Å². The lowest BCUT2D eigenvalue weighted by molar-refractivity contribution is -0.132. The Bertz CT molecular complexity index is 809. The van der Waals surface area contributed by atoms with Crippen LogP contribution in [0.25, 0.3) is 0 Å². The Morgan fingerprint density at radius 3 is 2.38 bits per heavy atom. The van der Waals surface area contributed by atoms with Gasteiger partial charge in [0.1, 0.15) is 10.3 Å². The number of nitrogens with zero attached hydrogens (tertiary/aromatic N) is 1. The van der Waals surface area contributed by atoms with Gasteiger partial charge < -0.3 is 4.90 Å². The van der Waals surface area contributed by atoms with Gasteiger partial charge in [-0.1, -0.05) is 30.3 Å². The average Bonchev–Trinajstić information content (AvgIpc) is 3.24. The van der Waals surface area contributed by atoms with Crippen LogP contribution in [0.4, 0.5) is 0 Å². The smallest absolute Gasteiger partial charge is 0.251 e. The molecule has 1 aromatic heterocycles. The highest BCUT2D eigenvalue weighted by Gasteiger charge is 2.32. The minimum atomic E-state index is -3.74. The van der Waals surface area contributed by atoms with Gasteiger partial charge in [-0.3, -0.25) is 4.79 Å². The molecule has 1 saturated heterocycles. The van der Waals surface area contributed by atoms with Gasteiger partial charge in [0.25, 0.3) is 10.0 Å². The second-order valence-electron chi connectivity index (χ2n) is 5.86. The van der Waals surface area contributed by atoms with E-state index in [0.29, 0.717) is 18.7 Å². The lowest BCUT2D eigenvalue weighted by atomic mass is 10.1. The van der Waals surface area contributed by atoms with Crippen LogP contribution >= 0.6 is 11.3 Å². The van der Waals surface area contributed by atoms with E-state index in [4.69, 9.17) is 0 Å². The fourth-order valence-electron chi connectivity index (χ4n) is 2.80. The van der Waals surface area contributed by atoms with Crippen LogP contribution in [0.2, 0.25) is 0 Å². The van der Waals surface area contributed by atoms with Crippen LogP contribution in [-0.2, 0) is 14.8 Å². The maximum atomic E-state index is 12.9. The molecule has 2 heterocycles. The van der Waals surface area contributed by atoms with E-state index in [9.17, 15) is 13.2 Å². The lowest BCUT2D eigenvalue weighted by Crippen LogP contribution is -2.41. The van der Waals surface area contributed by atoms with Crippen molar-refractivity contribution >= 4 is 27.3 Å². The summed E-state index contributed by atoms with van der Waals surface area (Å²) in [5, 5.41) is 0. The van der Waals surface area contributed by atoms with E-state index in [0.717, 1.165) is 17.7 Å². The fourth-order valence-corrected chi connectivity index (χ4v) is 5.27. The third kappa shape index (κ3) is 3.68. The summed E-state index contributed by atoms with van der Waals surface area (Å²) < 4.78 is 28.2. The number of carbonyl (C=O) groups is 1. The van der Waals surface area contributed by atoms with Gasteiger partial charge in [0, 0.05) is 18.0 Å². The van der Waals surface area contributed by atoms with Crippen molar-refractivity contribution < 1.29 is 13.2 Å². The number of nitrogens with one attached hydrogen (secondary N) is 1. The van der Waals surface area contributed by atoms with Crippen LogP contribution in [0, 0.1) is 6.92 Å². The molecule has 1 fully saturated rings. The van der Waals surface area contributed by atoms with Crippen molar-refractivity contribution in [3.8, 4) is 0 Å². The van der Waals surface area contributed by atoms with Crippen molar-refractivity contribution in [1.29, 1.82) is 0 Å². The van der Waals surface area contributed by atoms with Gasteiger partial charge in [0.15, 0.2) is 0 Å². The van der Waals surface area contributed by atoms with E-state index in [-0.39, 0.29) is 10.1 Å². The highest BCUT2D eigenvalue weighted by molar-refractivity contribution is 7.91. The van der Waals surface area contributed by atoms with E-state index >= 15 is 0 Å². The van der Waals surface area contributed by atoms with E-state index in [1.54, 1.807) is 29.2 Å². The predicted molar refractivity (Wildman–Crippen MR) is 94.4 cm³/mol. The molecule has 7 heteroatoms. The van der Waals surface area contributed by atoms with E-state index in [2.05, 4.69) is 4.72 Å². The Kier molecular flexibility index (Phi) is 5.03. The molecule has 1 aliphatic rings. The molecule has 1 amide bonds. The van der Waals surface area contributed by atoms with Gasteiger partial charge in [-0.05, 0) is 37.5 Å². The lowest BCUT2D eigenvalue weighted by Gasteiger charge is -2.24. The fraction of sp³-hybridized carbons (Fsp3) is 0.353. The Morgan fingerprint density at radius 1 is 1.12 bits per heavy atom. The maximum Gasteiger partial charge on any atom is 0.251 e. The number of rotatable bonds is 5. The molecule has 1 aromatic carbocycles. The zero-order valence-corrected chi connectivity index (χ0v) is 15.1. The minimum absolute atomic E-state index is 0.185. The summed E-state index contributed by atoms with van der Waals surface area (Å²) in [7, 11) is -3.74. The maximum absolute atomic E-state index is 12.9. The van der Waals surface area contributed by atoms with Gasteiger partial charge >= 0.3 is 0 Å². The SMILES string of the molecule is Cc1ccc(S(=O)(=O)N[C@H](C(=O)N2CCCC2)c2ccccc2)s1. The molecule has 0 radical (unpaired) electrons. The number of benzene rings is 1. The summed E-state index contributed by atoms with van der Waals surface area (Å²) in [4.78, 5) is 15.5. The molecule has 1 atom stereocenters. The number of carbonyl (C=O) groups excluding carboxylic acids is 1. The highest BCUT2D eigenvalue weighted by Crippen LogP contribution is 2.25. The molecule has 0 unspecified atom stereocenters. The molecule has 5 nitrogen and oxygen atoms in total. The van der Waals surface area contributed by atoms with Gasteiger partial charge in [-0.15, -0.1) is 11.3 Å². The largest absolute Gasteiger partial charge is 0.341 e. The molecule has 24 heavy (non-hydrogen) atoms. The van der Waals surface area contributed by atoms with Gasteiger partial charge in [-0.25, -0.2) is 8.42 Å². The number of hydrogen-bond acceptors (Lipinski definition) is 4. The number of hydrogen-bond donors (Lipinski definition) is 1. The number of thiophene rings is 1. The third-order valence-corrected chi connectivity index (χ3v) is 6.97. The van der Waals surface area contributed by atoms with Crippen molar-refractivity contribution in [2.75, 3.05) is 13.1 Å². The van der Waals surface area contributed by atoms with Crippen LogP contribution < -0.4 is 4.72 Å². The van der Waals surface area contributed by atoms with Crippen molar-refractivity contribution in [2.45, 2.75) is 30.0 Å². The third-order valence-electron chi connectivity index (χ3n) is 4.05. The molecule has 0 saturated carbocycles. The Morgan fingerprint density at radius 2 is 1.79 bits per heavy atom. The van der Waals surface area contributed by atoms with Crippen LogP contribution in [-0.4, -0.2) is 32.3 Å². The van der Waals surface area contributed by atoms with E-state index < -0.39 is 16.1 Å². The normalized spacial score (nSPS) is 16.3. The van der Waals surface area contributed by atoms with Crippen molar-refractivity contribution in [3.05, 3.63) is 52.9 Å². The number of likely N-dealkylation sites (tertiary alicyclic amines) is 1. The summed E-state index contributed by atoms with van der Waals surface area (Å²) >= 11 is 1.20. The molecular weight excluding hydrogens is 344 g/mol. The number of aryl methyl sites for hydroxylation is 1. The van der Waals surface area contributed by atoms with Crippen LogP contribution in [0.1, 0.15) is 29.3 Å². The molecule has 2 aromatic rings. The monoisotopic (exact) mass is 364 g/mol.